The number of amides is 1. The van der Waals surface area contributed by atoms with E-state index >= 15 is 0 Å². The highest BCUT2D eigenvalue weighted by Gasteiger charge is 2.21. The van der Waals surface area contributed by atoms with Gasteiger partial charge in [-0.25, -0.2) is 0 Å². The zero-order chi connectivity index (χ0) is 16.0. The van der Waals surface area contributed by atoms with Gasteiger partial charge in [0.1, 0.15) is 5.69 Å². The van der Waals surface area contributed by atoms with Gasteiger partial charge in [-0.05, 0) is 25.3 Å². The summed E-state index contributed by atoms with van der Waals surface area (Å²) < 4.78 is 0. The fourth-order valence-corrected chi connectivity index (χ4v) is 2.50. The summed E-state index contributed by atoms with van der Waals surface area (Å²) in [5.41, 5.74) is 0.496. The fourth-order valence-electron chi connectivity index (χ4n) is 1.87. The van der Waals surface area contributed by atoms with Gasteiger partial charge in [0.2, 0.25) is 0 Å². The first-order valence-corrected chi connectivity index (χ1v) is 7.64. The van der Waals surface area contributed by atoms with E-state index in [2.05, 4.69) is 10.6 Å². The first-order chi connectivity index (χ1) is 9.94. The van der Waals surface area contributed by atoms with Crippen LogP contribution in [0.2, 0.25) is 0 Å². The summed E-state index contributed by atoms with van der Waals surface area (Å²) in [5, 5.41) is 25.7. The molecule has 7 nitrogen and oxygen atoms in total. The number of nitro groups is 1. The minimum atomic E-state index is -0.504. The number of nitrogens with zero attached hydrogens (tertiary/aromatic N) is 1. The smallest absolute Gasteiger partial charge is 0.292 e. The van der Waals surface area contributed by atoms with Crippen molar-refractivity contribution in [1.82, 2.24) is 5.32 Å². The fraction of sp³-hybridized carbons (Fsp3) is 0.462. The predicted molar refractivity (Wildman–Crippen MR) is 84.0 cm³/mol. The standard InChI is InChI=1S/C13H19N3O4S/c1-8(12(7-17)21-3)15-10-6-9(13(18)14-2)4-5-11(10)16(19)20/h4-6,8,12,15,17H,7H2,1-3H3,(H,14,18). The molecule has 116 valence electrons. The molecule has 2 atom stereocenters. The molecule has 1 aromatic rings. The van der Waals surface area contributed by atoms with Crippen LogP contribution in [-0.2, 0) is 0 Å². The Balaban J connectivity index is 3.11. The maximum absolute atomic E-state index is 11.6. The molecule has 0 fully saturated rings. The van der Waals surface area contributed by atoms with Gasteiger partial charge in [-0.1, -0.05) is 0 Å². The first-order valence-electron chi connectivity index (χ1n) is 6.35. The molecule has 2 unspecified atom stereocenters. The van der Waals surface area contributed by atoms with Crippen molar-refractivity contribution in [3.63, 3.8) is 0 Å². The van der Waals surface area contributed by atoms with Crippen LogP contribution in [0, 0.1) is 10.1 Å². The molecule has 1 rings (SSSR count). The van der Waals surface area contributed by atoms with Crippen molar-refractivity contribution in [1.29, 1.82) is 0 Å². The largest absolute Gasteiger partial charge is 0.395 e. The molecule has 0 aliphatic rings. The molecule has 0 spiro atoms. The Labute approximate surface area is 127 Å². The Morgan fingerprint density at radius 1 is 1.52 bits per heavy atom. The van der Waals surface area contributed by atoms with Crippen LogP contribution in [0.1, 0.15) is 17.3 Å². The lowest BCUT2D eigenvalue weighted by Gasteiger charge is -2.22. The second-order valence-electron chi connectivity index (χ2n) is 4.46. The number of benzene rings is 1. The number of carbonyl (C=O) groups is 1. The lowest BCUT2D eigenvalue weighted by Crippen LogP contribution is -2.31. The first kappa shape index (κ1) is 17.3. The summed E-state index contributed by atoms with van der Waals surface area (Å²) in [6, 6.07) is 3.96. The second kappa shape index (κ2) is 7.84. The van der Waals surface area contributed by atoms with E-state index in [-0.39, 0.29) is 35.2 Å². The van der Waals surface area contributed by atoms with Crippen LogP contribution in [0.15, 0.2) is 18.2 Å². The third kappa shape index (κ3) is 4.33. The second-order valence-corrected chi connectivity index (χ2v) is 5.53. The molecule has 0 heterocycles. The molecule has 0 saturated carbocycles. The van der Waals surface area contributed by atoms with Crippen LogP contribution in [0.25, 0.3) is 0 Å². The van der Waals surface area contributed by atoms with Gasteiger partial charge in [-0.3, -0.25) is 14.9 Å². The minimum Gasteiger partial charge on any atom is -0.395 e. The molecule has 0 saturated heterocycles. The number of thioether (sulfide) groups is 1. The lowest BCUT2D eigenvalue weighted by atomic mass is 10.1. The summed E-state index contributed by atoms with van der Waals surface area (Å²) in [7, 11) is 1.50. The Bertz CT molecular complexity index is 520. The SMILES string of the molecule is CNC(=O)c1ccc([N+](=O)[O-])c(NC(C)C(CO)SC)c1. The highest BCUT2D eigenvalue weighted by Crippen LogP contribution is 2.27. The lowest BCUT2D eigenvalue weighted by molar-refractivity contribution is -0.384. The predicted octanol–water partition coefficient (Wildman–Crippen LogP) is 1.48. The molecule has 0 aromatic heterocycles. The minimum absolute atomic E-state index is 0.0434. The van der Waals surface area contributed by atoms with E-state index in [9.17, 15) is 20.0 Å². The number of aliphatic hydroxyl groups is 1. The molecule has 1 aromatic carbocycles. The average molecular weight is 313 g/mol. The molecular weight excluding hydrogens is 294 g/mol. The van der Waals surface area contributed by atoms with Crippen molar-refractivity contribution < 1.29 is 14.8 Å². The van der Waals surface area contributed by atoms with Crippen LogP contribution < -0.4 is 10.6 Å². The summed E-state index contributed by atoms with van der Waals surface area (Å²) in [6.07, 6.45) is 1.86. The Hall–Kier alpha value is -1.80. The molecule has 1 amide bonds. The Morgan fingerprint density at radius 3 is 2.67 bits per heavy atom. The van der Waals surface area contributed by atoms with E-state index in [1.165, 1.54) is 37.0 Å². The number of carbonyl (C=O) groups excluding carboxylic acids is 1. The molecule has 0 aliphatic heterocycles. The van der Waals surface area contributed by atoms with Crippen LogP contribution >= 0.6 is 11.8 Å². The van der Waals surface area contributed by atoms with Crippen molar-refractivity contribution in [3.8, 4) is 0 Å². The topological polar surface area (TPSA) is 104 Å². The molecule has 8 heteroatoms. The third-order valence-corrected chi connectivity index (χ3v) is 4.27. The van der Waals surface area contributed by atoms with Crippen LogP contribution in [0.3, 0.4) is 0 Å². The molecule has 3 N–H and O–H groups in total. The molecular formula is C13H19N3O4S. The van der Waals surface area contributed by atoms with Gasteiger partial charge < -0.3 is 15.7 Å². The summed E-state index contributed by atoms with van der Waals surface area (Å²) in [6.45, 7) is 1.78. The zero-order valence-corrected chi connectivity index (χ0v) is 12.9. The number of anilines is 1. The van der Waals surface area contributed by atoms with E-state index in [1.807, 2.05) is 13.2 Å². The number of nitrogens with one attached hydrogen (secondary N) is 2. The summed E-state index contributed by atoms with van der Waals surface area (Å²) >= 11 is 1.46. The monoisotopic (exact) mass is 313 g/mol. The molecule has 0 aliphatic carbocycles. The Morgan fingerprint density at radius 2 is 2.19 bits per heavy atom. The maximum atomic E-state index is 11.6. The Kier molecular flexibility index (Phi) is 6.44. The van der Waals surface area contributed by atoms with E-state index < -0.39 is 4.92 Å². The number of rotatable bonds is 7. The van der Waals surface area contributed by atoms with Gasteiger partial charge in [-0.15, -0.1) is 0 Å². The molecule has 0 bridgehead atoms. The summed E-state index contributed by atoms with van der Waals surface area (Å²) in [4.78, 5) is 22.2. The van der Waals surface area contributed by atoms with Crippen LogP contribution in [-0.4, -0.2) is 47.1 Å². The molecule has 21 heavy (non-hydrogen) atoms. The third-order valence-electron chi connectivity index (χ3n) is 3.11. The highest BCUT2D eigenvalue weighted by molar-refractivity contribution is 7.99. The van der Waals surface area contributed by atoms with Crippen LogP contribution in [0.4, 0.5) is 11.4 Å². The van der Waals surface area contributed by atoms with Crippen molar-refractivity contribution >= 4 is 29.0 Å². The normalized spacial score (nSPS) is 13.3. The van der Waals surface area contributed by atoms with Crippen molar-refractivity contribution in [2.24, 2.45) is 0 Å². The van der Waals surface area contributed by atoms with E-state index in [1.54, 1.807) is 0 Å². The van der Waals surface area contributed by atoms with E-state index in [0.29, 0.717) is 5.56 Å². The van der Waals surface area contributed by atoms with Gasteiger partial charge in [0.05, 0.1) is 11.5 Å². The molecule has 0 radical (unpaired) electrons. The van der Waals surface area contributed by atoms with Gasteiger partial charge in [0.25, 0.3) is 11.6 Å². The number of aliphatic hydroxyl groups excluding tert-OH is 1. The number of nitro benzene ring substituents is 1. The number of hydrogen-bond donors (Lipinski definition) is 3. The maximum Gasteiger partial charge on any atom is 0.292 e. The number of hydrogen-bond acceptors (Lipinski definition) is 6. The average Bonchev–Trinajstić information content (AvgIpc) is 2.47. The van der Waals surface area contributed by atoms with Gasteiger partial charge in [0.15, 0.2) is 0 Å². The van der Waals surface area contributed by atoms with Crippen molar-refractivity contribution in [3.05, 3.63) is 33.9 Å². The van der Waals surface area contributed by atoms with E-state index in [0.717, 1.165) is 0 Å². The summed E-state index contributed by atoms with van der Waals surface area (Å²) in [5.74, 6) is -0.316. The van der Waals surface area contributed by atoms with Crippen molar-refractivity contribution in [2.75, 3.05) is 25.2 Å². The van der Waals surface area contributed by atoms with Gasteiger partial charge >= 0.3 is 0 Å². The quantitative estimate of drug-likeness (QED) is 0.520. The van der Waals surface area contributed by atoms with Crippen LogP contribution in [0.5, 0.6) is 0 Å². The van der Waals surface area contributed by atoms with Crippen molar-refractivity contribution in [2.45, 2.75) is 18.2 Å². The zero-order valence-electron chi connectivity index (χ0n) is 12.1. The van der Waals surface area contributed by atoms with Gasteiger partial charge in [0, 0.05) is 30.0 Å². The van der Waals surface area contributed by atoms with Gasteiger partial charge in [-0.2, -0.15) is 11.8 Å². The highest BCUT2D eigenvalue weighted by atomic mass is 32.2. The van der Waals surface area contributed by atoms with E-state index in [4.69, 9.17) is 0 Å².